The Morgan fingerprint density at radius 2 is 1.76 bits per heavy atom. The van der Waals surface area contributed by atoms with Crippen LogP contribution in [0.25, 0.3) is 0 Å². The molecule has 1 aliphatic rings. The molecule has 0 aromatic heterocycles. The van der Waals surface area contributed by atoms with E-state index in [-0.39, 0.29) is 5.91 Å². The van der Waals surface area contributed by atoms with E-state index in [4.69, 9.17) is 15.4 Å². The first kappa shape index (κ1) is 16.0. The fourth-order valence-corrected chi connectivity index (χ4v) is 2.76. The summed E-state index contributed by atoms with van der Waals surface area (Å²) in [7, 11) is 0.758. The van der Waals surface area contributed by atoms with Crippen LogP contribution in [0.2, 0.25) is 0 Å². The maximum atomic E-state index is 13.7. The molecule has 21 heavy (non-hydrogen) atoms. The van der Waals surface area contributed by atoms with E-state index in [2.05, 4.69) is 0 Å². The monoisotopic (exact) mass is 339 g/mol. The molecule has 1 aliphatic heterocycles. The van der Waals surface area contributed by atoms with Crippen molar-refractivity contribution in [3.63, 3.8) is 0 Å². The van der Waals surface area contributed by atoms with Gasteiger partial charge in [0.2, 0.25) is 0 Å². The molecule has 1 saturated heterocycles. The van der Waals surface area contributed by atoms with Gasteiger partial charge in [0.1, 0.15) is 0 Å². The smallest absolute Gasteiger partial charge is 0.261 e. The SMILES string of the molecule is O=C(COc1c(F)cc(S(=O)(=O)Cl)cc1F)N1CCCC1. The highest BCUT2D eigenvalue weighted by atomic mass is 35.7. The molecule has 0 spiro atoms. The standard InChI is InChI=1S/C12H12ClF2NO4S/c13-21(18,19)8-5-9(14)12(10(15)6-8)20-7-11(17)16-3-1-2-4-16/h5-6H,1-4,7H2. The molecule has 1 fully saturated rings. The number of hydrogen-bond acceptors (Lipinski definition) is 4. The Labute approximate surface area is 124 Å². The van der Waals surface area contributed by atoms with Crippen molar-refractivity contribution in [2.75, 3.05) is 19.7 Å². The van der Waals surface area contributed by atoms with Crippen molar-refractivity contribution in [3.05, 3.63) is 23.8 Å². The molecule has 0 saturated carbocycles. The Morgan fingerprint density at radius 3 is 2.24 bits per heavy atom. The quantitative estimate of drug-likeness (QED) is 0.786. The molecule has 0 radical (unpaired) electrons. The molecular weight excluding hydrogens is 328 g/mol. The second-order valence-electron chi connectivity index (χ2n) is 4.53. The second kappa shape index (κ2) is 6.15. The van der Waals surface area contributed by atoms with Gasteiger partial charge >= 0.3 is 0 Å². The highest BCUT2D eigenvalue weighted by molar-refractivity contribution is 8.13. The van der Waals surface area contributed by atoms with Crippen molar-refractivity contribution in [1.82, 2.24) is 4.90 Å². The van der Waals surface area contributed by atoms with Crippen molar-refractivity contribution in [2.24, 2.45) is 0 Å². The van der Waals surface area contributed by atoms with Crippen molar-refractivity contribution >= 4 is 25.6 Å². The van der Waals surface area contributed by atoms with Gasteiger partial charge in [-0.3, -0.25) is 4.79 Å². The van der Waals surface area contributed by atoms with E-state index in [0.717, 1.165) is 12.8 Å². The minimum atomic E-state index is -4.25. The molecule has 0 atom stereocenters. The number of likely N-dealkylation sites (tertiary alicyclic amines) is 1. The van der Waals surface area contributed by atoms with E-state index in [1.165, 1.54) is 4.90 Å². The van der Waals surface area contributed by atoms with Crippen LogP contribution in [0.4, 0.5) is 8.78 Å². The van der Waals surface area contributed by atoms with Crippen LogP contribution in [0.1, 0.15) is 12.8 Å². The lowest BCUT2D eigenvalue weighted by atomic mass is 10.3. The zero-order valence-corrected chi connectivity index (χ0v) is 12.4. The van der Waals surface area contributed by atoms with Crippen LogP contribution in [-0.2, 0) is 13.8 Å². The molecule has 1 heterocycles. The summed E-state index contributed by atoms with van der Waals surface area (Å²) in [5, 5.41) is 0. The minimum absolute atomic E-state index is 0.375. The molecule has 5 nitrogen and oxygen atoms in total. The highest BCUT2D eigenvalue weighted by Gasteiger charge is 2.22. The van der Waals surface area contributed by atoms with Gasteiger partial charge in [0, 0.05) is 23.8 Å². The van der Waals surface area contributed by atoms with Gasteiger partial charge in [0.15, 0.2) is 24.0 Å². The van der Waals surface area contributed by atoms with Gasteiger partial charge in [-0.15, -0.1) is 0 Å². The summed E-state index contributed by atoms with van der Waals surface area (Å²) in [5.41, 5.74) is 0. The highest BCUT2D eigenvalue weighted by Crippen LogP contribution is 2.27. The number of hydrogen-bond donors (Lipinski definition) is 0. The number of rotatable bonds is 4. The first-order chi connectivity index (χ1) is 9.79. The van der Waals surface area contributed by atoms with Gasteiger partial charge in [-0.05, 0) is 25.0 Å². The average Bonchev–Trinajstić information content (AvgIpc) is 2.90. The topological polar surface area (TPSA) is 63.7 Å². The molecule has 1 aromatic rings. The predicted molar refractivity (Wildman–Crippen MR) is 70.7 cm³/mol. The minimum Gasteiger partial charge on any atom is -0.478 e. The lowest BCUT2D eigenvalue weighted by molar-refractivity contribution is -0.132. The van der Waals surface area contributed by atoms with E-state index >= 15 is 0 Å². The van der Waals surface area contributed by atoms with E-state index in [9.17, 15) is 22.0 Å². The Morgan fingerprint density at radius 1 is 1.24 bits per heavy atom. The van der Waals surface area contributed by atoms with Crippen LogP contribution in [0.5, 0.6) is 5.75 Å². The number of halogens is 3. The predicted octanol–water partition coefficient (Wildman–Crippen LogP) is 1.89. The average molecular weight is 340 g/mol. The Kier molecular flexibility index (Phi) is 4.67. The van der Waals surface area contributed by atoms with Gasteiger partial charge in [-0.1, -0.05) is 0 Å². The molecule has 1 amide bonds. The van der Waals surface area contributed by atoms with Crippen LogP contribution < -0.4 is 4.74 Å². The maximum Gasteiger partial charge on any atom is 0.261 e. The first-order valence-corrected chi connectivity index (χ1v) is 8.44. The van der Waals surface area contributed by atoms with E-state index in [0.29, 0.717) is 25.2 Å². The molecule has 0 bridgehead atoms. The van der Waals surface area contributed by atoms with Gasteiger partial charge in [0.25, 0.3) is 15.0 Å². The summed E-state index contributed by atoms with van der Waals surface area (Å²) < 4.78 is 54.2. The summed E-state index contributed by atoms with van der Waals surface area (Å²) in [5.74, 6) is -3.64. The second-order valence-corrected chi connectivity index (χ2v) is 7.10. The molecule has 0 N–H and O–H groups in total. The zero-order chi connectivity index (χ0) is 15.6. The summed E-state index contributed by atoms with van der Waals surface area (Å²) in [6.07, 6.45) is 1.77. The van der Waals surface area contributed by atoms with Gasteiger partial charge < -0.3 is 9.64 Å². The summed E-state index contributed by atoms with van der Waals surface area (Å²) in [6, 6.07) is 1.09. The molecule has 0 aliphatic carbocycles. The number of benzene rings is 1. The number of amides is 1. The number of ether oxygens (including phenoxy) is 1. The lowest BCUT2D eigenvalue weighted by Crippen LogP contribution is -2.32. The van der Waals surface area contributed by atoms with Crippen molar-refractivity contribution in [2.45, 2.75) is 17.7 Å². The third kappa shape index (κ3) is 3.82. The van der Waals surface area contributed by atoms with Gasteiger partial charge in [-0.2, -0.15) is 0 Å². The summed E-state index contributed by atoms with van der Waals surface area (Å²) in [4.78, 5) is 12.5. The Hall–Kier alpha value is -1.41. The van der Waals surface area contributed by atoms with Gasteiger partial charge in [0.05, 0.1) is 4.90 Å². The van der Waals surface area contributed by atoms with Crippen LogP contribution in [-0.4, -0.2) is 38.9 Å². The van der Waals surface area contributed by atoms with E-state index in [1.54, 1.807) is 0 Å². The third-order valence-corrected chi connectivity index (χ3v) is 4.39. The van der Waals surface area contributed by atoms with Crippen molar-refractivity contribution < 1.29 is 26.7 Å². The normalized spacial score (nSPS) is 15.3. The zero-order valence-electron chi connectivity index (χ0n) is 10.8. The lowest BCUT2D eigenvalue weighted by Gasteiger charge is -2.16. The largest absolute Gasteiger partial charge is 0.478 e. The maximum absolute atomic E-state index is 13.7. The first-order valence-electron chi connectivity index (χ1n) is 6.13. The third-order valence-electron chi connectivity index (χ3n) is 3.05. The van der Waals surface area contributed by atoms with Crippen LogP contribution >= 0.6 is 10.7 Å². The fraction of sp³-hybridized carbons (Fsp3) is 0.417. The molecule has 0 unspecified atom stereocenters. The molecule has 9 heteroatoms. The van der Waals surface area contributed by atoms with Crippen LogP contribution in [0.3, 0.4) is 0 Å². The molecular formula is C12H12ClF2NO4S. The van der Waals surface area contributed by atoms with Crippen LogP contribution in [0.15, 0.2) is 17.0 Å². The molecule has 1 aromatic carbocycles. The molecule has 116 valence electrons. The van der Waals surface area contributed by atoms with E-state index in [1.807, 2.05) is 0 Å². The Balaban J connectivity index is 2.12. The summed E-state index contributed by atoms with van der Waals surface area (Å²) in [6.45, 7) is 0.675. The summed E-state index contributed by atoms with van der Waals surface area (Å²) >= 11 is 0. The number of carbonyl (C=O) groups is 1. The van der Waals surface area contributed by atoms with Crippen LogP contribution in [0, 0.1) is 11.6 Å². The Bertz CT molecular complexity index is 636. The van der Waals surface area contributed by atoms with E-state index < -0.39 is 37.9 Å². The van der Waals surface area contributed by atoms with Crippen molar-refractivity contribution in [1.29, 1.82) is 0 Å². The number of nitrogens with zero attached hydrogens (tertiary/aromatic N) is 1. The van der Waals surface area contributed by atoms with Gasteiger partial charge in [-0.25, -0.2) is 17.2 Å². The number of carbonyl (C=O) groups excluding carboxylic acids is 1. The fourth-order valence-electron chi connectivity index (χ4n) is 2.01. The van der Waals surface area contributed by atoms with Crippen molar-refractivity contribution in [3.8, 4) is 5.75 Å². The molecule has 2 rings (SSSR count).